The van der Waals surface area contributed by atoms with Gasteiger partial charge in [0, 0.05) is 23.5 Å². The molecule has 5 aromatic rings. The van der Waals surface area contributed by atoms with Crippen molar-refractivity contribution in [1.29, 1.82) is 0 Å². The molecule has 0 bridgehead atoms. The molecule has 0 saturated heterocycles. The lowest BCUT2D eigenvalue weighted by Crippen LogP contribution is -2.47. The van der Waals surface area contributed by atoms with Crippen LogP contribution in [0.25, 0.3) is 10.9 Å². The fourth-order valence-electron chi connectivity index (χ4n) is 4.74. The molecule has 1 aromatic heterocycles. The number of ether oxygens (including phenoxy) is 1. The predicted molar refractivity (Wildman–Crippen MR) is 150 cm³/mol. The quantitative estimate of drug-likeness (QED) is 0.242. The number of nitrogens with one attached hydrogen (secondary N) is 3. The van der Waals surface area contributed by atoms with E-state index < -0.39 is 12.0 Å². The van der Waals surface area contributed by atoms with E-state index in [2.05, 4.69) is 15.6 Å². The number of hydrogen-bond donors (Lipinski definition) is 3. The van der Waals surface area contributed by atoms with Gasteiger partial charge in [-0.1, -0.05) is 91.0 Å². The van der Waals surface area contributed by atoms with E-state index in [0.29, 0.717) is 17.9 Å². The third kappa shape index (κ3) is 5.44. The molecule has 1 heterocycles. The van der Waals surface area contributed by atoms with Crippen LogP contribution in [0.15, 0.2) is 115 Å². The summed E-state index contributed by atoms with van der Waals surface area (Å²) in [5.74, 6) is -0.596. The van der Waals surface area contributed by atoms with Gasteiger partial charge in [-0.3, -0.25) is 9.59 Å². The number of fused-ring (bicyclic) bond motifs is 1. The molecular formula is C32H29N3O3. The number of H-pyrrole nitrogens is 1. The van der Waals surface area contributed by atoms with Crippen LogP contribution < -0.4 is 15.4 Å². The molecule has 190 valence electrons. The third-order valence-corrected chi connectivity index (χ3v) is 6.62. The zero-order chi connectivity index (χ0) is 26.3. The van der Waals surface area contributed by atoms with Gasteiger partial charge in [0.05, 0.1) is 18.7 Å². The number of aromatic amines is 1. The van der Waals surface area contributed by atoms with Crippen LogP contribution in [0.4, 0.5) is 5.69 Å². The second kappa shape index (κ2) is 11.5. The SMILES string of the molecule is COc1ccccc1NC(=O)C(Cc1c[nH]c2ccccc12)NC(=O)C(c1ccccc1)c1ccccc1. The molecule has 4 aromatic carbocycles. The topological polar surface area (TPSA) is 83.2 Å². The summed E-state index contributed by atoms with van der Waals surface area (Å²) in [6.07, 6.45) is 2.21. The molecular weight excluding hydrogens is 474 g/mol. The lowest BCUT2D eigenvalue weighted by Gasteiger charge is -2.23. The Hall–Kier alpha value is -4.84. The van der Waals surface area contributed by atoms with Crippen molar-refractivity contribution >= 4 is 28.4 Å². The van der Waals surface area contributed by atoms with E-state index in [1.54, 1.807) is 19.2 Å². The van der Waals surface area contributed by atoms with Crippen molar-refractivity contribution in [3.8, 4) is 5.75 Å². The molecule has 3 N–H and O–H groups in total. The Morgan fingerprint density at radius 2 is 1.37 bits per heavy atom. The average Bonchev–Trinajstić information content (AvgIpc) is 3.37. The summed E-state index contributed by atoms with van der Waals surface area (Å²) in [4.78, 5) is 30.8. The van der Waals surface area contributed by atoms with Gasteiger partial charge < -0.3 is 20.4 Å². The summed E-state index contributed by atoms with van der Waals surface area (Å²) in [6.45, 7) is 0. The van der Waals surface area contributed by atoms with Crippen molar-refractivity contribution in [2.45, 2.75) is 18.4 Å². The van der Waals surface area contributed by atoms with Gasteiger partial charge in [0.15, 0.2) is 0 Å². The summed E-state index contributed by atoms with van der Waals surface area (Å²) in [5.41, 5.74) is 4.17. The fourth-order valence-corrected chi connectivity index (χ4v) is 4.74. The molecule has 0 fully saturated rings. The average molecular weight is 504 g/mol. The first kappa shape index (κ1) is 24.8. The number of amides is 2. The Balaban J connectivity index is 1.48. The Bertz CT molecular complexity index is 1490. The van der Waals surface area contributed by atoms with Gasteiger partial charge >= 0.3 is 0 Å². The normalized spacial score (nSPS) is 11.7. The highest BCUT2D eigenvalue weighted by Crippen LogP contribution is 2.27. The second-order valence-corrected chi connectivity index (χ2v) is 9.07. The van der Waals surface area contributed by atoms with Crippen LogP contribution in [-0.4, -0.2) is 29.9 Å². The maximum atomic E-state index is 13.9. The van der Waals surface area contributed by atoms with Crippen molar-refractivity contribution in [3.63, 3.8) is 0 Å². The Morgan fingerprint density at radius 3 is 2.05 bits per heavy atom. The molecule has 0 saturated carbocycles. The molecule has 5 rings (SSSR count). The van der Waals surface area contributed by atoms with E-state index in [1.807, 2.05) is 103 Å². The number of aromatic nitrogens is 1. The lowest BCUT2D eigenvalue weighted by atomic mass is 9.90. The Kier molecular flexibility index (Phi) is 7.50. The molecule has 0 aliphatic heterocycles. The number of rotatable bonds is 9. The highest BCUT2D eigenvalue weighted by Gasteiger charge is 2.29. The zero-order valence-electron chi connectivity index (χ0n) is 21.1. The molecule has 0 radical (unpaired) electrons. The van der Waals surface area contributed by atoms with Crippen molar-refractivity contribution in [2.75, 3.05) is 12.4 Å². The first-order valence-corrected chi connectivity index (χ1v) is 12.5. The van der Waals surface area contributed by atoms with Crippen LogP contribution in [0.3, 0.4) is 0 Å². The number of benzene rings is 4. The number of carbonyl (C=O) groups is 2. The molecule has 1 unspecified atom stereocenters. The second-order valence-electron chi connectivity index (χ2n) is 9.07. The smallest absolute Gasteiger partial charge is 0.247 e. The first-order chi connectivity index (χ1) is 18.6. The molecule has 0 spiro atoms. The number of para-hydroxylation sites is 3. The molecule has 0 aliphatic rings. The van der Waals surface area contributed by atoms with Gasteiger partial charge in [0.25, 0.3) is 0 Å². The van der Waals surface area contributed by atoms with Crippen LogP contribution in [0.2, 0.25) is 0 Å². The van der Waals surface area contributed by atoms with Crippen LogP contribution in [0.5, 0.6) is 5.75 Å². The summed E-state index contributed by atoms with van der Waals surface area (Å²) in [5, 5.41) is 7.04. The molecule has 2 amide bonds. The van der Waals surface area contributed by atoms with Crippen LogP contribution in [0.1, 0.15) is 22.6 Å². The Labute approximate surface area is 221 Å². The van der Waals surface area contributed by atoms with Gasteiger partial charge in [0.2, 0.25) is 11.8 Å². The van der Waals surface area contributed by atoms with Crippen LogP contribution in [0, 0.1) is 0 Å². The van der Waals surface area contributed by atoms with E-state index >= 15 is 0 Å². The highest BCUT2D eigenvalue weighted by atomic mass is 16.5. The summed E-state index contributed by atoms with van der Waals surface area (Å²) in [7, 11) is 1.56. The maximum Gasteiger partial charge on any atom is 0.247 e. The molecule has 1 atom stereocenters. The van der Waals surface area contributed by atoms with Crippen molar-refractivity contribution in [2.24, 2.45) is 0 Å². The third-order valence-electron chi connectivity index (χ3n) is 6.62. The first-order valence-electron chi connectivity index (χ1n) is 12.5. The van der Waals surface area contributed by atoms with Gasteiger partial charge in [-0.25, -0.2) is 0 Å². The van der Waals surface area contributed by atoms with Crippen molar-refractivity contribution < 1.29 is 14.3 Å². The fraction of sp³-hybridized carbons (Fsp3) is 0.125. The minimum absolute atomic E-state index is 0.248. The summed E-state index contributed by atoms with van der Waals surface area (Å²) < 4.78 is 5.42. The highest BCUT2D eigenvalue weighted by molar-refractivity contribution is 6.00. The van der Waals surface area contributed by atoms with Crippen LogP contribution >= 0.6 is 0 Å². The largest absolute Gasteiger partial charge is 0.495 e. The van der Waals surface area contributed by atoms with E-state index in [-0.39, 0.29) is 11.8 Å². The van der Waals surface area contributed by atoms with Gasteiger partial charge in [-0.2, -0.15) is 0 Å². The maximum absolute atomic E-state index is 13.9. The lowest BCUT2D eigenvalue weighted by molar-refractivity contribution is -0.126. The summed E-state index contributed by atoms with van der Waals surface area (Å²) in [6, 6.07) is 33.5. The van der Waals surface area contributed by atoms with Crippen LogP contribution in [-0.2, 0) is 16.0 Å². The van der Waals surface area contributed by atoms with Gasteiger partial charge in [-0.05, 0) is 34.9 Å². The molecule has 38 heavy (non-hydrogen) atoms. The van der Waals surface area contributed by atoms with Gasteiger partial charge in [0.1, 0.15) is 11.8 Å². The minimum Gasteiger partial charge on any atom is -0.495 e. The molecule has 0 aliphatic carbocycles. The number of anilines is 1. The van der Waals surface area contributed by atoms with E-state index in [1.165, 1.54) is 0 Å². The molecule has 6 heteroatoms. The monoisotopic (exact) mass is 503 g/mol. The van der Waals surface area contributed by atoms with E-state index in [9.17, 15) is 9.59 Å². The predicted octanol–water partition coefficient (Wildman–Crippen LogP) is 5.67. The minimum atomic E-state index is -0.832. The van der Waals surface area contributed by atoms with E-state index in [0.717, 1.165) is 27.6 Å². The van der Waals surface area contributed by atoms with Crippen molar-refractivity contribution in [1.82, 2.24) is 10.3 Å². The Morgan fingerprint density at radius 1 is 0.763 bits per heavy atom. The van der Waals surface area contributed by atoms with Gasteiger partial charge in [-0.15, -0.1) is 0 Å². The molecule has 6 nitrogen and oxygen atoms in total. The van der Waals surface area contributed by atoms with E-state index in [4.69, 9.17) is 4.74 Å². The summed E-state index contributed by atoms with van der Waals surface area (Å²) >= 11 is 0. The standard InChI is InChI=1S/C32H29N3O3/c1-38-29-19-11-10-18-27(29)34-31(36)28(20-24-21-33-26-17-9-8-16-25(24)26)35-32(37)30(22-12-4-2-5-13-22)23-14-6-3-7-15-23/h2-19,21,28,30,33H,20H2,1H3,(H,34,36)(H,35,37). The zero-order valence-corrected chi connectivity index (χ0v) is 21.1. The number of methoxy groups -OCH3 is 1. The van der Waals surface area contributed by atoms with Crippen molar-refractivity contribution in [3.05, 3.63) is 132 Å². The number of carbonyl (C=O) groups excluding carboxylic acids is 2. The number of hydrogen-bond acceptors (Lipinski definition) is 3.